The molecular formula is C15H16ClN3O3. The maximum Gasteiger partial charge on any atom is 0.169 e. The van der Waals surface area contributed by atoms with Gasteiger partial charge < -0.3 is 14.0 Å². The summed E-state index contributed by atoms with van der Waals surface area (Å²) >= 11 is 6.10. The van der Waals surface area contributed by atoms with Crippen molar-refractivity contribution in [3.05, 3.63) is 23.7 Å². The van der Waals surface area contributed by atoms with Crippen molar-refractivity contribution < 1.29 is 14.3 Å². The lowest BCUT2D eigenvalue weighted by Crippen LogP contribution is -2.40. The molecule has 0 radical (unpaired) electrons. The summed E-state index contributed by atoms with van der Waals surface area (Å²) in [6.07, 6.45) is 3.30. The number of carbonyl (C=O) groups excluding carboxylic acids is 1. The molecule has 6 nitrogen and oxygen atoms in total. The Balaban J connectivity index is 1.83. The van der Waals surface area contributed by atoms with Crippen molar-refractivity contribution in [1.29, 1.82) is 0 Å². The van der Waals surface area contributed by atoms with Gasteiger partial charge in [0, 0.05) is 12.6 Å². The molecule has 4 rings (SSSR count). The van der Waals surface area contributed by atoms with Gasteiger partial charge in [0.1, 0.15) is 23.2 Å². The zero-order chi connectivity index (χ0) is 15.7. The maximum absolute atomic E-state index is 12.5. The minimum Gasteiger partial charge on any atom is -0.342 e. The van der Waals surface area contributed by atoms with Gasteiger partial charge in [0.05, 0.1) is 11.4 Å². The molecule has 1 saturated carbocycles. The van der Waals surface area contributed by atoms with E-state index in [0.29, 0.717) is 17.2 Å². The molecule has 116 valence electrons. The fourth-order valence-corrected chi connectivity index (χ4v) is 3.81. The van der Waals surface area contributed by atoms with E-state index in [-0.39, 0.29) is 17.9 Å². The number of fused-ring (bicyclic) bond motifs is 2. The van der Waals surface area contributed by atoms with Crippen LogP contribution in [0.2, 0.25) is 5.15 Å². The molecule has 1 aliphatic carbocycles. The van der Waals surface area contributed by atoms with E-state index in [1.165, 1.54) is 6.33 Å². The fraction of sp³-hybridized carbons (Fsp3) is 0.533. The van der Waals surface area contributed by atoms with Crippen LogP contribution in [0.25, 0.3) is 11.0 Å². The number of ether oxygens (including phenoxy) is 2. The molecule has 3 heterocycles. The Morgan fingerprint density at radius 3 is 2.91 bits per heavy atom. The lowest BCUT2D eigenvalue weighted by atomic mass is 10.0. The van der Waals surface area contributed by atoms with Crippen molar-refractivity contribution >= 4 is 28.4 Å². The lowest BCUT2D eigenvalue weighted by molar-refractivity contribution is -0.174. The smallest absolute Gasteiger partial charge is 0.169 e. The van der Waals surface area contributed by atoms with E-state index in [1.54, 1.807) is 0 Å². The molecule has 2 aromatic heterocycles. The van der Waals surface area contributed by atoms with Crippen molar-refractivity contribution in [1.82, 2.24) is 14.5 Å². The number of carbonyl (C=O) groups is 1. The summed E-state index contributed by atoms with van der Waals surface area (Å²) in [4.78, 5) is 20.8. The van der Waals surface area contributed by atoms with Crippen LogP contribution in [0.15, 0.2) is 18.6 Å². The summed E-state index contributed by atoms with van der Waals surface area (Å²) < 4.78 is 13.9. The van der Waals surface area contributed by atoms with Crippen molar-refractivity contribution in [2.75, 3.05) is 0 Å². The SMILES string of the molecule is CC1(C)O[C@H]2[C@H](n3ccc4c(Cl)ncnc43)CC(=O)[C@@]2(C)O1. The first-order chi connectivity index (χ1) is 10.3. The monoisotopic (exact) mass is 321 g/mol. The Bertz CT molecular complexity index is 787. The van der Waals surface area contributed by atoms with Crippen LogP contribution < -0.4 is 0 Å². The number of hydrogen-bond acceptors (Lipinski definition) is 5. The molecule has 0 amide bonds. The minimum absolute atomic E-state index is 0.0510. The van der Waals surface area contributed by atoms with Gasteiger partial charge in [-0.2, -0.15) is 0 Å². The zero-order valence-electron chi connectivity index (χ0n) is 12.5. The molecule has 0 N–H and O–H groups in total. The first-order valence-corrected chi connectivity index (χ1v) is 7.58. The third-order valence-electron chi connectivity index (χ3n) is 4.53. The van der Waals surface area contributed by atoms with Crippen LogP contribution in [-0.2, 0) is 14.3 Å². The summed E-state index contributed by atoms with van der Waals surface area (Å²) in [5, 5.41) is 1.17. The quantitative estimate of drug-likeness (QED) is 0.755. The number of ketones is 1. The van der Waals surface area contributed by atoms with Gasteiger partial charge in [-0.1, -0.05) is 11.6 Å². The standard InChI is InChI=1S/C15H16ClN3O3/c1-14(2)21-11-9(6-10(20)15(11,3)22-14)19-5-4-8-12(16)17-7-18-13(8)19/h4-5,7,9,11H,6H2,1-3H3/t9-,11+,15-/m1/s1. The van der Waals surface area contributed by atoms with Gasteiger partial charge in [-0.15, -0.1) is 0 Å². The highest BCUT2D eigenvalue weighted by Crippen LogP contribution is 2.49. The molecule has 7 heteroatoms. The van der Waals surface area contributed by atoms with Crippen LogP contribution in [0, 0.1) is 0 Å². The molecule has 0 spiro atoms. The highest BCUT2D eigenvalue weighted by atomic mass is 35.5. The number of aromatic nitrogens is 3. The molecular weight excluding hydrogens is 306 g/mol. The van der Waals surface area contributed by atoms with E-state index in [1.807, 2.05) is 37.6 Å². The Hall–Kier alpha value is -1.50. The summed E-state index contributed by atoms with van der Waals surface area (Å²) in [6, 6.07) is 1.70. The number of nitrogens with zero attached hydrogens (tertiary/aromatic N) is 3. The molecule has 1 aliphatic heterocycles. The molecule has 3 atom stereocenters. The normalized spacial score (nSPS) is 33.5. The molecule has 1 saturated heterocycles. The Labute approximate surface area is 132 Å². The third kappa shape index (κ3) is 1.77. The van der Waals surface area contributed by atoms with Crippen molar-refractivity contribution in [2.24, 2.45) is 0 Å². The molecule has 0 bridgehead atoms. The van der Waals surface area contributed by atoms with Crippen LogP contribution in [0.4, 0.5) is 0 Å². The molecule has 0 aromatic carbocycles. The number of rotatable bonds is 1. The first-order valence-electron chi connectivity index (χ1n) is 7.20. The molecule has 2 aliphatic rings. The third-order valence-corrected chi connectivity index (χ3v) is 4.83. The summed E-state index contributed by atoms with van der Waals surface area (Å²) in [5.74, 6) is -0.723. The second-order valence-corrected chi connectivity index (χ2v) is 6.82. The largest absolute Gasteiger partial charge is 0.342 e. The molecule has 2 fully saturated rings. The lowest BCUT2D eigenvalue weighted by Gasteiger charge is -2.23. The van der Waals surface area contributed by atoms with E-state index in [4.69, 9.17) is 21.1 Å². The predicted molar refractivity (Wildman–Crippen MR) is 79.6 cm³/mol. The van der Waals surface area contributed by atoms with Gasteiger partial charge in [0.15, 0.2) is 17.2 Å². The highest BCUT2D eigenvalue weighted by molar-refractivity contribution is 6.33. The van der Waals surface area contributed by atoms with Gasteiger partial charge in [-0.25, -0.2) is 9.97 Å². The van der Waals surface area contributed by atoms with Crippen LogP contribution in [0.1, 0.15) is 33.2 Å². The van der Waals surface area contributed by atoms with E-state index >= 15 is 0 Å². The highest BCUT2D eigenvalue weighted by Gasteiger charge is 2.62. The number of Topliss-reactive ketones (excluding diaryl/α,β-unsaturated/α-hetero) is 1. The molecule has 22 heavy (non-hydrogen) atoms. The Morgan fingerprint density at radius 2 is 2.14 bits per heavy atom. The van der Waals surface area contributed by atoms with Crippen molar-refractivity contribution in [3.8, 4) is 0 Å². The summed E-state index contributed by atoms with van der Waals surface area (Å²) in [5.41, 5.74) is -0.211. The van der Waals surface area contributed by atoms with E-state index in [2.05, 4.69) is 9.97 Å². The van der Waals surface area contributed by atoms with Gasteiger partial charge in [0.25, 0.3) is 0 Å². The minimum atomic E-state index is -0.915. The summed E-state index contributed by atoms with van der Waals surface area (Å²) in [7, 11) is 0. The molecule has 2 aromatic rings. The average molecular weight is 322 g/mol. The van der Waals surface area contributed by atoms with Crippen molar-refractivity contribution in [3.63, 3.8) is 0 Å². The zero-order valence-corrected chi connectivity index (χ0v) is 13.3. The van der Waals surface area contributed by atoms with Gasteiger partial charge in [0.2, 0.25) is 0 Å². The number of hydrogen-bond donors (Lipinski definition) is 0. The maximum atomic E-state index is 12.5. The fourth-order valence-electron chi connectivity index (χ4n) is 3.62. The van der Waals surface area contributed by atoms with Gasteiger partial charge >= 0.3 is 0 Å². The number of halogens is 1. The second kappa shape index (κ2) is 4.28. The van der Waals surface area contributed by atoms with Crippen LogP contribution in [0.5, 0.6) is 0 Å². The van der Waals surface area contributed by atoms with Crippen molar-refractivity contribution in [2.45, 2.75) is 50.7 Å². The van der Waals surface area contributed by atoms with Crippen LogP contribution in [0.3, 0.4) is 0 Å². The van der Waals surface area contributed by atoms with Gasteiger partial charge in [-0.05, 0) is 26.8 Å². The van der Waals surface area contributed by atoms with E-state index in [0.717, 1.165) is 5.39 Å². The Kier molecular flexibility index (Phi) is 2.74. The van der Waals surface area contributed by atoms with Crippen LogP contribution >= 0.6 is 11.6 Å². The first kappa shape index (κ1) is 14.1. The predicted octanol–water partition coefficient (Wildman–Crippen LogP) is 2.51. The van der Waals surface area contributed by atoms with E-state index < -0.39 is 11.4 Å². The van der Waals surface area contributed by atoms with E-state index in [9.17, 15) is 4.79 Å². The van der Waals surface area contributed by atoms with Crippen LogP contribution in [-0.4, -0.2) is 37.8 Å². The molecule has 0 unspecified atom stereocenters. The average Bonchev–Trinajstić information content (AvgIpc) is 3.02. The summed E-state index contributed by atoms with van der Waals surface area (Å²) in [6.45, 7) is 5.46. The topological polar surface area (TPSA) is 66.2 Å². The Morgan fingerprint density at radius 1 is 1.36 bits per heavy atom. The van der Waals surface area contributed by atoms with Gasteiger partial charge in [-0.3, -0.25) is 4.79 Å². The second-order valence-electron chi connectivity index (χ2n) is 6.47.